The van der Waals surface area contributed by atoms with Crippen LogP contribution in [0.4, 0.5) is 5.82 Å². The Labute approximate surface area is 197 Å². The molecule has 2 amide bonds. The van der Waals surface area contributed by atoms with Crippen molar-refractivity contribution in [3.05, 3.63) is 48.2 Å². The number of aromatic amines is 1. The van der Waals surface area contributed by atoms with E-state index in [4.69, 9.17) is 0 Å². The van der Waals surface area contributed by atoms with Crippen LogP contribution in [-0.2, 0) is 24.8 Å². The van der Waals surface area contributed by atoms with E-state index in [2.05, 4.69) is 15.3 Å². The van der Waals surface area contributed by atoms with Crippen molar-refractivity contribution in [2.45, 2.75) is 31.1 Å². The number of H-pyrrole nitrogens is 1. The molecule has 2 aliphatic carbocycles. The van der Waals surface area contributed by atoms with Gasteiger partial charge in [-0.15, -0.1) is 0 Å². The van der Waals surface area contributed by atoms with E-state index in [0.717, 1.165) is 47.8 Å². The van der Waals surface area contributed by atoms with E-state index in [1.807, 2.05) is 42.6 Å². The summed E-state index contributed by atoms with van der Waals surface area (Å²) in [4.78, 5) is 34.9. The molecule has 176 valence electrons. The van der Waals surface area contributed by atoms with Gasteiger partial charge in [0.25, 0.3) is 0 Å². The zero-order valence-corrected chi connectivity index (χ0v) is 19.5. The molecule has 3 aromatic rings. The molecule has 3 aliphatic rings. The van der Waals surface area contributed by atoms with Crippen molar-refractivity contribution < 1.29 is 18.0 Å². The summed E-state index contributed by atoms with van der Waals surface area (Å²) in [6.07, 6.45) is 5.25. The van der Waals surface area contributed by atoms with Crippen molar-refractivity contribution in [3.8, 4) is 11.1 Å². The average molecular weight is 479 g/mol. The number of rotatable bonds is 5. The van der Waals surface area contributed by atoms with Gasteiger partial charge in [-0.1, -0.05) is 24.3 Å². The van der Waals surface area contributed by atoms with Crippen LogP contribution in [0.25, 0.3) is 22.2 Å². The number of hydrogen-bond donors (Lipinski definition) is 2. The van der Waals surface area contributed by atoms with Gasteiger partial charge in [0.2, 0.25) is 11.8 Å². The van der Waals surface area contributed by atoms with E-state index in [-0.39, 0.29) is 42.3 Å². The molecule has 34 heavy (non-hydrogen) atoms. The molecule has 2 saturated carbocycles. The van der Waals surface area contributed by atoms with Gasteiger partial charge < -0.3 is 15.2 Å². The van der Waals surface area contributed by atoms with E-state index in [9.17, 15) is 18.0 Å². The molecule has 6 rings (SSSR count). The van der Waals surface area contributed by atoms with Gasteiger partial charge in [-0.25, -0.2) is 13.4 Å². The zero-order valence-electron chi connectivity index (χ0n) is 18.7. The number of benzene rings is 1. The molecular formula is C25H26N4O4S. The van der Waals surface area contributed by atoms with Gasteiger partial charge in [0.15, 0.2) is 9.84 Å². The molecule has 0 atom stereocenters. The molecule has 1 aliphatic heterocycles. The minimum atomic E-state index is -3.03. The van der Waals surface area contributed by atoms with Crippen LogP contribution in [-0.4, -0.2) is 59.7 Å². The molecular weight excluding hydrogens is 452 g/mol. The second-order valence-corrected chi connectivity index (χ2v) is 12.0. The number of sulfone groups is 1. The molecule has 0 bridgehead atoms. The monoisotopic (exact) mass is 478 g/mol. The normalized spacial score (nSPS) is 20.8. The number of carbonyl (C=O) groups is 2. The van der Waals surface area contributed by atoms with E-state index in [0.29, 0.717) is 11.5 Å². The van der Waals surface area contributed by atoms with Crippen LogP contribution in [0.2, 0.25) is 0 Å². The number of amides is 2. The predicted molar refractivity (Wildman–Crippen MR) is 129 cm³/mol. The zero-order chi connectivity index (χ0) is 23.5. The largest absolute Gasteiger partial charge is 0.346 e. The second kappa shape index (κ2) is 7.66. The van der Waals surface area contributed by atoms with Crippen LogP contribution >= 0.6 is 0 Å². The minimum Gasteiger partial charge on any atom is -0.346 e. The molecule has 3 fully saturated rings. The Balaban J connectivity index is 1.27. The number of aromatic nitrogens is 2. The van der Waals surface area contributed by atoms with E-state index < -0.39 is 15.3 Å². The first-order valence-corrected chi connectivity index (χ1v) is 13.6. The lowest BCUT2D eigenvalue weighted by atomic mass is 9.92. The van der Waals surface area contributed by atoms with Crippen molar-refractivity contribution in [1.29, 1.82) is 0 Å². The molecule has 0 radical (unpaired) electrons. The first-order chi connectivity index (χ1) is 16.3. The highest BCUT2D eigenvalue weighted by Gasteiger charge is 2.53. The Morgan fingerprint density at radius 2 is 1.76 bits per heavy atom. The van der Waals surface area contributed by atoms with Gasteiger partial charge in [0.1, 0.15) is 11.5 Å². The summed E-state index contributed by atoms with van der Waals surface area (Å²) in [5, 5.41) is 3.90. The van der Waals surface area contributed by atoms with Crippen molar-refractivity contribution in [3.63, 3.8) is 0 Å². The number of nitrogens with one attached hydrogen (secondary N) is 2. The molecule has 1 saturated heterocycles. The molecule has 9 heteroatoms. The third kappa shape index (κ3) is 3.77. The third-order valence-corrected chi connectivity index (χ3v) is 8.88. The molecule has 2 aromatic heterocycles. The summed E-state index contributed by atoms with van der Waals surface area (Å²) in [6.45, 7) is 0.553. The van der Waals surface area contributed by atoms with Gasteiger partial charge in [0, 0.05) is 30.6 Å². The van der Waals surface area contributed by atoms with E-state index >= 15 is 0 Å². The average Bonchev–Trinajstić information content (AvgIpc) is 3.75. The maximum Gasteiger partial charge on any atom is 0.233 e. The Kier molecular flexibility index (Phi) is 4.81. The lowest BCUT2D eigenvalue weighted by molar-refractivity contribution is -0.133. The lowest BCUT2D eigenvalue weighted by Crippen LogP contribution is -2.47. The molecule has 2 N–H and O–H groups in total. The SMILES string of the molecule is O=C(Nc1cc(-c2ccc(C3(C(=O)N4CCS(=O)(=O)CC4)CC3)cc2)c2cc[nH]c2n1)C1CC1. The van der Waals surface area contributed by atoms with Crippen molar-refractivity contribution in [1.82, 2.24) is 14.9 Å². The van der Waals surface area contributed by atoms with E-state index in [1.54, 1.807) is 4.90 Å². The fourth-order valence-corrected chi connectivity index (χ4v) is 6.05. The number of fused-ring (bicyclic) bond motifs is 1. The minimum absolute atomic E-state index is 0.0133. The van der Waals surface area contributed by atoms with Crippen molar-refractivity contribution >= 4 is 38.5 Å². The first-order valence-electron chi connectivity index (χ1n) is 11.7. The summed E-state index contributed by atoms with van der Waals surface area (Å²) in [7, 11) is -3.03. The van der Waals surface area contributed by atoms with Gasteiger partial charge >= 0.3 is 0 Å². The Morgan fingerprint density at radius 3 is 2.41 bits per heavy atom. The predicted octanol–water partition coefficient (Wildman–Crippen LogP) is 2.87. The number of anilines is 1. The van der Waals surface area contributed by atoms with Crippen LogP contribution < -0.4 is 5.32 Å². The molecule has 3 heterocycles. The Morgan fingerprint density at radius 1 is 1.06 bits per heavy atom. The highest BCUT2D eigenvalue weighted by Crippen LogP contribution is 2.50. The van der Waals surface area contributed by atoms with Crippen molar-refractivity contribution in [2.75, 3.05) is 29.9 Å². The first kappa shape index (κ1) is 21.3. The Hall–Kier alpha value is -3.20. The third-order valence-electron chi connectivity index (χ3n) is 7.27. The second-order valence-electron chi connectivity index (χ2n) is 9.66. The van der Waals surface area contributed by atoms with Crippen molar-refractivity contribution in [2.24, 2.45) is 5.92 Å². The standard InChI is InChI=1S/C25H26N4O4S/c30-23(17-1-2-17)28-21-15-20(19-7-10-26-22(19)27-21)16-3-5-18(6-4-16)25(8-9-25)24(31)29-11-13-34(32,33)14-12-29/h3-7,10,15,17H,1-2,8-9,11-14H2,(H2,26,27,28,30). The van der Waals surface area contributed by atoms with Gasteiger partial charge in [-0.2, -0.15) is 0 Å². The number of pyridine rings is 1. The van der Waals surface area contributed by atoms with Crippen LogP contribution in [0.15, 0.2) is 42.6 Å². The fraction of sp³-hybridized carbons (Fsp3) is 0.400. The fourth-order valence-electron chi connectivity index (χ4n) is 4.85. The summed E-state index contributed by atoms with van der Waals surface area (Å²) in [5.74, 6) is 0.761. The van der Waals surface area contributed by atoms with Gasteiger partial charge in [0.05, 0.1) is 16.9 Å². The van der Waals surface area contributed by atoms with Crippen LogP contribution in [0.5, 0.6) is 0 Å². The van der Waals surface area contributed by atoms with Crippen LogP contribution in [0.1, 0.15) is 31.2 Å². The maximum atomic E-state index is 13.3. The molecule has 1 aromatic carbocycles. The van der Waals surface area contributed by atoms with Gasteiger partial charge in [-0.05, 0) is 54.5 Å². The molecule has 0 spiro atoms. The topological polar surface area (TPSA) is 112 Å². The number of hydrogen-bond acceptors (Lipinski definition) is 5. The highest BCUT2D eigenvalue weighted by molar-refractivity contribution is 7.91. The van der Waals surface area contributed by atoms with Crippen LogP contribution in [0.3, 0.4) is 0 Å². The summed E-state index contributed by atoms with van der Waals surface area (Å²) >= 11 is 0. The smallest absolute Gasteiger partial charge is 0.233 e. The van der Waals surface area contributed by atoms with Gasteiger partial charge in [-0.3, -0.25) is 9.59 Å². The molecule has 0 unspecified atom stereocenters. The summed E-state index contributed by atoms with van der Waals surface area (Å²) < 4.78 is 23.5. The lowest BCUT2D eigenvalue weighted by Gasteiger charge is -2.30. The quantitative estimate of drug-likeness (QED) is 0.586. The summed E-state index contributed by atoms with van der Waals surface area (Å²) in [6, 6.07) is 11.9. The maximum absolute atomic E-state index is 13.3. The number of nitrogens with zero attached hydrogens (tertiary/aromatic N) is 2. The Bertz CT molecular complexity index is 1390. The summed E-state index contributed by atoms with van der Waals surface area (Å²) in [5.41, 5.74) is 3.08. The number of carbonyl (C=O) groups excluding carboxylic acids is 2. The molecule has 8 nitrogen and oxygen atoms in total. The highest BCUT2D eigenvalue weighted by atomic mass is 32.2. The van der Waals surface area contributed by atoms with E-state index in [1.165, 1.54) is 0 Å². The van der Waals surface area contributed by atoms with Crippen LogP contribution in [0, 0.1) is 5.92 Å².